The Balaban J connectivity index is 2.08. The van der Waals surface area contributed by atoms with Crippen LogP contribution in [0.1, 0.15) is 18.9 Å². The maximum atomic E-state index is 13.2. The highest BCUT2D eigenvalue weighted by molar-refractivity contribution is 5.94. The summed E-state index contributed by atoms with van der Waals surface area (Å²) in [5.41, 5.74) is 1.11. The Morgan fingerprint density at radius 2 is 1.91 bits per heavy atom. The van der Waals surface area contributed by atoms with Crippen LogP contribution in [-0.2, 0) is 4.79 Å². The van der Waals surface area contributed by atoms with Crippen LogP contribution in [0.25, 0.3) is 0 Å². The van der Waals surface area contributed by atoms with Gasteiger partial charge in [0, 0.05) is 11.8 Å². The highest BCUT2D eigenvalue weighted by Crippen LogP contribution is 2.20. The van der Waals surface area contributed by atoms with Gasteiger partial charge in [-0.25, -0.2) is 8.78 Å². The highest BCUT2D eigenvalue weighted by Gasteiger charge is 2.19. The van der Waals surface area contributed by atoms with E-state index in [2.05, 4.69) is 5.32 Å². The molecule has 0 radical (unpaired) electrons. The maximum Gasteiger partial charge on any atom is 0.265 e. The fourth-order valence-corrected chi connectivity index (χ4v) is 1.96. The molecule has 0 aliphatic carbocycles. The van der Waals surface area contributed by atoms with Crippen molar-refractivity contribution in [3.63, 3.8) is 0 Å². The first-order chi connectivity index (χ1) is 10.5. The number of halogens is 2. The minimum absolute atomic E-state index is 0.190. The predicted molar refractivity (Wildman–Crippen MR) is 80.9 cm³/mol. The third-order valence-electron chi connectivity index (χ3n) is 3.21. The lowest BCUT2D eigenvalue weighted by Crippen LogP contribution is -2.32. The molecular formula is C17H17F2NO2. The van der Waals surface area contributed by atoms with Crippen LogP contribution >= 0.6 is 0 Å². The van der Waals surface area contributed by atoms with Crippen molar-refractivity contribution in [1.82, 2.24) is 0 Å². The highest BCUT2D eigenvalue weighted by atomic mass is 19.2. The fraction of sp³-hybridized carbons (Fsp3) is 0.235. The van der Waals surface area contributed by atoms with Crippen LogP contribution in [0.3, 0.4) is 0 Å². The Kier molecular flexibility index (Phi) is 5.09. The zero-order valence-electron chi connectivity index (χ0n) is 12.4. The lowest BCUT2D eigenvalue weighted by atomic mass is 10.2. The summed E-state index contributed by atoms with van der Waals surface area (Å²) in [7, 11) is 0. The second kappa shape index (κ2) is 7.02. The zero-order valence-corrected chi connectivity index (χ0v) is 12.4. The molecule has 1 amide bonds. The van der Waals surface area contributed by atoms with Crippen LogP contribution in [-0.4, -0.2) is 12.0 Å². The minimum atomic E-state index is -1.01. The molecule has 5 heteroatoms. The molecule has 0 bridgehead atoms. The molecule has 116 valence electrons. The van der Waals surface area contributed by atoms with Crippen molar-refractivity contribution in [3.8, 4) is 5.75 Å². The zero-order chi connectivity index (χ0) is 16.1. The lowest BCUT2D eigenvalue weighted by molar-refractivity contribution is -0.122. The summed E-state index contributed by atoms with van der Waals surface area (Å²) in [6.07, 6.45) is -0.265. The summed E-state index contributed by atoms with van der Waals surface area (Å²) in [5, 5.41) is 2.53. The fourth-order valence-electron chi connectivity index (χ4n) is 1.96. The van der Waals surface area contributed by atoms with Crippen molar-refractivity contribution in [3.05, 3.63) is 59.7 Å². The standard InChI is InChI=1S/C17H17F2NO2/c1-3-15(22-16-7-5-4-6-11(16)2)17(21)20-12-8-9-13(18)14(19)10-12/h4-10,15H,3H2,1-2H3,(H,20,21). The molecule has 0 aliphatic heterocycles. The van der Waals surface area contributed by atoms with E-state index in [-0.39, 0.29) is 5.69 Å². The van der Waals surface area contributed by atoms with E-state index in [0.29, 0.717) is 12.2 Å². The summed E-state index contributed by atoms with van der Waals surface area (Å²) < 4.78 is 31.7. The monoisotopic (exact) mass is 305 g/mol. The Hall–Kier alpha value is -2.43. The number of hydrogen-bond donors (Lipinski definition) is 1. The first kappa shape index (κ1) is 15.9. The van der Waals surface area contributed by atoms with Crippen LogP contribution in [0.15, 0.2) is 42.5 Å². The quantitative estimate of drug-likeness (QED) is 0.904. The number of nitrogens with one attached hydrogen (secondary N) is 1. The molecule has 0 saturated heterocycles. The molecule has 1 atom stereocenters. The SMILES string of the molecule is CCC(Oc1ccccc1C)C(=O)Nc1ccc(F)c(F)c1. The van der Waals surface area contributed by atoms with Crippen molar-refractivity contribution >= 4 is 11.6 Å². The van der Waals surface area contributed by atoms with Gasteiger partial charge in [-0.3, -0.25) is 4.79 Å². The molecule has 1 N–H and O–H groups in total. The molecule has 0 saturated carbocycles. The smallest absolute Gasteiger partial charge is 0.265 e. The molecule has 2 aromatic rings. The van der Waals surface area contributed by atoms with Gasteiger partial charge in [-0.2, -0.15) is 0 Å². The normalized spacial score (nSPS) is 11.8. The van der Waals surface area contributed by atoms with E-state index >= 15 is 0 Å². The summed E-state index contributed by atoms with van der Waals surface area (Å²) in [4.78, 5) is 12.2. The average Bonchev–Trinajstić information content (AvgIpc) is 2.50. The topological polar surface area (TPSA) is 38.3 Å². The Bertz CT molecular complexity index is 673. The summed E-state index contributed by atoms with van der Waals surface area (Å²) >= 11 is 0. The Morgan fingerprint density at radius 1 is 1.18 bits per heavy atom. The largest absolute Gasteiger partial charge is 0.480 e. The van der Waals surface area contributed by atoms with E-state index in [1.165, 1.54) is 6.07 Å². The molecule has 0 spiro atoms. The van der Waals surface area contributed by atoms with Gasteiger partial charge in [-0.15, -0.1) is 0 Å². The molecular weight excluding hydrogens is 288 g/mol. The number of ether oxygens (including phenoxy) is 1. The second-order valence-electron chi connectivity index (χ2n) is 4.90. The lowest BCUT2D eigenvalue weighted by Gasteiger charge is -2.18. The van der Waals surface area contributed by atoms with E-state index in [4.69, 9.17) is 4.74 Å². The van der Waals surface area contributed by atoms with Crippen LogP contribution in [0.2, 0.25) is 0 Å². The average molecular weight is 305 g/mol. The summed E-state index contributed by atoms with van der Waals surface area (Å²) in [6.45, 7) is 3.70. The van der Waals surface area contributed by atoms with E-state index in [1.807, 2.05) is 32.0 Å². The van der Waals surface area contributed by atoms with Crippen molar-refractivity contribution in [2.24, 2.45) is 0 Å². The number of aryl methyl sites for hydroxylation is 1. The third kappa shape index (κ3) is 3.81. The van der Waals surface area contributed by atoms with Crippen molar-refractivity contribution in [2.75, 3.05) is 5.32 Å². The van der Waals surface area contributed by atoms with Crippen LogP contribution in [0.4, 0.5) is 14.5 Å². The summed E-state index contributed by atoms with van der Waals surface area (Å²) in [5.74, 6) is -1.75. The van der Waals surface area contributed by atoms with E-state index < -0.39 is 23.6 Å². The Morgan fingerprint density at radius 3 is 2.55 bits per heavy atom. The van der Waals surface area contributed by atoms with E-state index in [0.717, 1.165) is 17.7 Å². The molecule has 2 aromatic carbocycles. The van der Waals surface area contributed by atoms with Crippen LogP contribution < -0.4 is 10.1 Å². The third-order valence-corrected chi connectivity index (χ3v) is 3.21. The number of carbonyl (C=O) groups is 1. The first-order valence-electron chi connectivity index (χ1n) is 6.99. The predicted octanol–water partition coefficient (Wildman–Crippen LogP) is 4.07. The number of para-hydroxylation sites is 1. The molecule has 0 heterocycles. The van der Waals surface area contributed by atoms with Gasteiger partial charge in [-0.05, 0) is 37.1 Å². The minimum Gasteiger partial charge on any atom is -0.480 e. The number of rotatable bonds is 5. The molecule has 22 heavy (non-hydrogen) atoms. The molecule has 1 unspecified atom stereocenters. The van der Waals surface area contributed by atoms with E-state index in [9.17, 15) is 13.6 Å². The number of hydrogen-bond acceptors (Lipinski definition) is 2. The molecule has 0 fully saturated rings. The summed E-state index contributed by atoms with van der Waals surface area (Å²) in [6, 6.07) is 10.6. The van der Waals surface area contributed by atoms with Gasteiger partial charge < -0.3 is 10.1 Å². The van der Waals surface area contributed by atoms with Gasteiger partial charge in [0.1, 0.15) is 5.75 Å². The number of anilines is 1. The van der Waals surface area contributed by atoms with Gasteiger partial charge >= 0.3 is 0 Å². The van der Waals surface area contributed by atoms with Gasteiger partial charge in [0.25, 0.3) is 5.91 Å². The second-order valence-corrected chi connectivity index (χ2v) is 4.90. The molecule has 0 aliphatic rings. The Labute approximate surface area is 127 Å². The van der Waals surface area contributed by atoms with Crippen LogP contribution in [0.5, 0.6) is 5.75 Å². The first-order valence-corrected chi connectivity index (χ1v) is 6.99. The van der Waals surface area contributed by atoms with Crippen molar-refractivity contribution < 1.29 is 18.3 Å². The van der Waals surface area contributed by atoms with E-state index in [1.54, 1.807) is 6.07 Å². The van der Waals surface area contributed by atoms with Gasteiger partial charge in [0.05, 0.1) is 0 Å². The number of benzene rings is 2. The van der Waals surface area contributed by atoms with Crippen molar-refractivity contribution in [1.29, 1.82) is 0 Å². The molecule has 3 nitrogen and oxygen atoms in total. The van der Waals surface area contributed by atoms with Gasteiger partial charge in [-0.1, -0.05) is 25.1 Å². The number of amides is 1. The molecule has 0 aromatic heterocycles. The van der Waals surface area contributed by atoms with Crippen LogP contribution in [0, 0.1) is 18.6 Å². The van der Waals surface area contributed by atoms with Crippen molar-refractivity contribution in [2.45, 2.75) is 26.4 Å². The maximum absolute atomic E-state index is 13.2. The van der Waals surface area contributed by atoms with Gasteiger partial charge in [0.15, 0.2) is 17.7 Å². The van der Waals surface area contributed by atoms with Gasteiger partial charge in [0.2, 0.25) is 0 Å². The molecule has 2 rings (SSSR count). The number of carbonyl (C=O) groups excluding carboxylic acids is 1.